The van der Waals surface area contributed by atoms with Gasteiger partial charge in [-0.1, -0.05) is 26.2 Å². The van der Waals surface area contributed by atoms with Crippen LogP contribution in [0.2, 0.25) is 0 Å². The zero-order valence-corrected chi connectivity index (χ0v) is 12.5. The molecule has 1 aliphatic rings. The lowest BCUT2D eigenvalue weighted by molar-refractivity contribution is -0.232. The van der Waals surface area contributed by atoms with E-state index in [1.807, 2.05) is 6.92 Å². The Morgan fingerprint density at radius 2 is 1.95 bits per heavy atom. The van der Waals surface area contributed by atoms with Gasteiger partial charge in [-0.2, -0.15) is 0 Å². The first kappa shape index (κ1) is 17.4. The van der Waals surface area contributed by atoms with Crippen LogP contribution in [0, 0.1) is 0 Å². The Kier molecular flexibility index (Phi) is 6.88. The lowest BCUT2D eigenvalue weighted by Gasteiger charge is -2.43. The maximum absolute atomic E-state index is 11.8. The second kappa shape index (κ2) is 7.93. The first-order chi connectivity index (χ1) is 9.40. The van der Waals surface area contributed by atoms with Crippen molar-refractivity contribution in [1.82, 2.24) is 4.90 Å². The molecule has 1 aliphatic heterocycles. The van der Waals surface area contributed by atoms with Gasteiger partial charge in [0.25, 0.3) is 0 Å². The average Bonchev–Trinajstić information content (AvgIpc) is 2.39. The maximum Gasteiger partial charge on any atom is 0.221 e. The van der Waals surface area contributed by atoms with Crippen molar-refractivity contribution in [3.8, 4) is 0 Å². The average molecular weight is 289 g/mol. The van der Waals surface area contributed by atoms with Crippen molar-refractivity contribution >= 4 is 5.91 Å². The number of amides is 1. The summed E-state index contributed by atoms with van der Waals surface area (Å²) < 4.78 is 5.37. The molecule has 0 aromatic carbocycles. The Balaban J connectivity index is 2.72. The van der Waals surface area contributed by atoms with Gasteiger partial charge in [0, 0.05) is 13.0 Å². The number of aliphatic hydroxyl groups is 3. The zero-order chi connectivity index (χ0) is 15.3. The minimum Gasteiger partial charge on any atom is -0.388 e. The van der Waals surface area contributed by atoms with E-state index in [2.05, 4.69) is 6.92 Å². The van der Waals surface area contributed by atoms with Crippen LogP contribution in [-0.2, 0) is 9.53 Å². The summed E-state index contributed by atoms with van der Waals surface area (Å²) in [5.41, 5.74) is 0. The molecular formula is C14H27NO5. The second-order valence-corrected chi connectivity index (χ2v) is 5.54. The summed E-state index contributed by atoms with van der Waals surface area (Å²) in [6.45, 7) is 5.35. The lowest BCUT2D eigenvalue weighted by atomic mass is 10.0. The number of unbranched alkanes of at least 4 members (excludes halogenated alkanes) is 2. The Morgan fingerprint density at radius 1 is 1.30 bits per heavy atom. The molecule has 0 aromatic rings. The van der Waals surface area contributed by atoms with Gasteiger partial charge in [0.2, 0.25) is 5.91 Å². The van der Waals surface area contributed by atoms with E-state index in [4.69, 9.17) is 4.74 Å². The molecule has 0 bridgehead atoms. The number of carbonyl (C=O) groups excluding carboxylic acids is 1. The van der Waals surface area contributed by atoms with Gasteiger partial charge in [-0.25, -0.2) is 0 Å². The highest BCUT2D eigenvalue weighted by atomic mass is 16.5. The quantitative estimate of drug-likeness (QED) is 0.610. The van der Waals surface area contributed by atoms with Crippen LogP contribution in [0.15, 0.2) is 0 Å². The third kappa shape index (κ3) is 4.15. The molecule has 1 rings (SSSR count). The number of rotatable bonds is 6. The van der Waals surface area contributed by atoms with Crippen LogP contribution in [0.3, 0.4) is 0 Å². The minimum atomic E-state index is -1.30. The van der Waals surface area contributed by atoms with E-state index in [9.17, 15) is 20.1 Å². The molecule has 6 nitrogen and oxygen atoms in total. The largest absolute Gasteiger partial charge is 0.388 e. The summed E-state index contributed by atoms with van der Waals surface area (Å²) in [6, 6.07) is -0.0823. The summed E-state index contributed by atoms with van der Waals surface area (Å²) in [5.74, 6) is -0.207. The molecule has 1 saturated heterocycles. The SMILES string of the molecule is CCCCCC(C)N(C(C)=O)C1OCC(O)C(O)C1O. The number of aliphatic hydroxyl groups excluding tert-OH is 3. The molecule has 3 N–H and O–H groups in total. The number of carbonyl (C=O) groups is 1. The Bertz CT molecular complexity index is 312. The summed E-state index contributed by atoms with van der Waals surface area (Å²) in [5, 5.41) is 29.2. The van der Waals surface area contributed by atoms with Crippen LogP contribution < -0.4 is 0 Å². The predicted octanol–water partition coefficient (Wildman–Crippen LogP) is 0.243. The van der Waals surface area contributed by atoms with Gasteiger partial charge < -0.3 is 25.0 Å². The first-order valence-electron chi connectivity index (χ1n) is 7.34. The molecule has 1 fully saturated rings. The summed E-state index contributed by atoms with van der Waals surface area (Å²) >= 11 is 0. The predicted molar refractivity (Wildman–Crippen MR) is 73.9 cm³/mol. The molecule has 5 atom stereocenters. The summed E-state index contributed by atoms with van der Waals surface area (Å²) in [4.78, 5) is 13.3. The molecular weight excluding hydrogens is 262 g/mol. The second-order valence-electron chi connectivity index (χ2n) is 5.54. The van der Waals surface area contributed by atoms with Crippen LogP contribution in [0.5, 0.6) is 0 Å². The van der Waals surface area contributed by atoms with E-state index >= 15 is 0 Å². The molecule has 6 heteroatoms. The Morgan fingerprint density at radius 3 is 2.50 bits per heavy atom. The van der Waals surface area contributed by atoms with Crippen LogP contribution in [0.25, 0.3) is 0 Å². The van der Waals surface area contributed by atoms with Gasteiger partial charge in [-0.3, -0.25) is 4.79 Å². The number of hydrogen-bond acceptors (Lipinski definition) is 5. The van der Waals surface area contributed by atoms with Crippen molar-refractivity contribution in [3.63, 3.8) is 0 Å². The highest BCUT2D eigenvalue weighted by Crippen LogP contribution is 2.23. The van der Waals surface area contributed by atoms with Crippen molar-refractivity contribution < 1.29 is 24.9 Å². The molecule has 5 unspecified atom stereocenters. The molecule has 20 heavy (non-hydrogen) atoms. The van der Waals surface area contributed by atoms with E-state index in [0.717, 1.165) is 25.7 Å². The third-order valence-corrected chi connectivity index (χ3v) is 3.81. The van der Waals surface area contributed by atoms with Crippen LogP contribution in [0.1, 0.15) is 46.5 Å². The zero-order valence-electron chi connectivity index (χ0n) is 12.5. The first-order valence-corrected chi connectivity index (χ1v) is 7.34. The van der Waals surface area contributed by atoms with E-state index in [1.54, 1.807) is 0 Å². The normalized spacial score (nSPS) is 31.9. The van der Waals surface area contributed by atoms with Crippen LogP contribution >= 0.6 is 0 Å². The summed E-state index contributed by atoms with van der Waals surface area (Å²) in [7, 11) is 0. The van der Waals surface area contributed by atoms with Crippen molar-refractivity contribution in [2.75, 3.05) is 6.61 Å². The van der Waals surface area contributed by atoms with Crippen molar-refractivity contribution in [1.29, 1.82) is 0 Å². The van der Waals surface area contributed by atoms with Crippen LogP contribution in [0.4, 0.5) is 0 Å². The monoisotopic (exact) mass is 289 g/mol. The topological polar surface area (TPSA) is 90.2 Å². The van der Waals surface area contributed by atoms with Crippen molar-refractivity contribution in [2.45, 2.75) is 77.0 Å². The van der Waals surface area contributed by atoms with Gasteiger partial charge in [0.15, 0.2) is 6.23 Å². The number of hydrogen-bond donors (Lipinski definition) is 3. The van der Waals surface area contributed by atoms with Gasteiger partial charge in [-0.05, 0) is 13.3 Å². The Labute approximate surface area is 120 Å². The van der Waals surface area contributed by atoms with Gasteiger partial charge in [0.1, 0.15) is 18.3 Å². The lowest BCUT2D eigenvalue weighted by Crippen LogP contribution is -2.61. The molecule has 0 aliphatic carbocycles. The van der Waals surface area contributed by atoms with Crippen LogP contribution in [-0.4, -0.2) is 63.3 Å². The smallest absolute Gasteiger partial charge is 0.221 e. The molecule has 1 amide bonds. The van der Waals surface area contributed by atoms with Crippen molar-refractivity contribution in [2.24, 2.45) is 0 Å². The van der Waals surface area contributed by atoms with E-state index in [1.165, 1.54) is 11.8 Å². The van der Waals surface area contributed by atoms with E-state index in [-0.39, 0.29) is 18.6 Å². The third-order valence-electron chi connectivity index (χ3n) is 3.81. The molecule has 0 saturated carbocycles. The number of nitrogens with zero attached hydrogens (tertiary/aromatic N) is 1. The minimum absolute atomic E-state index is 0.0823. The van der Waals surface area contributed by atoms with Gasteiger partial charge in [0.05, 0.1) is 6.61 Å². The fourth-order valence-corrected chi connectivity index (χ4v) is 2.60. The van der Waals surface area contributed by atoms with Gasteiger partial charge >= 0.3 is 0 Å². The fourth-order valence-electron chi connectivity index (χ4n) is 2.60. The molecule has 0 radical (unpaired) electrons. The maximum atomic E-state index is 11.8. The summed E-state index contributed by atoms with van der Waals surface area (Å²) in [6.07, 6.45) is -0.609. The molecule has 0 aromatic heterocycles. The fraction of sp³-hybridized carbons (Fsp3) is 0.929. The Hall–Kier alpha value is -0.690. The molecule has 1 heterocycles. The standard InChI is InChI=1S/C14H27NO5/c1-4-5-6-7-9(2)15(10(3)16)14-13(19)12(18)11(17)8-20-14/h9,11-14,17-19H,4-8H2,1-3H3. The molecule has 0 spiro atoms. The highest BCUT2D eigenvalue weighted by Gasteiger charge is 2.42. The highest BCUT2D eigenvalue weighted by molar-refractivity contribution is 5.73. The van der Waals surface area contributed by atoms with Gasteiger partial charge in [-0.15, -0.1) is 0 Å². The number of ether oxygens (including phenoxy) is 1. The van der Waals surface area contributed by atoms with E-state index < -0.39 is 24.5 Å². The van der Waals surface area contributed by atoms with Crippen molar-refractivity contribution in [3.05, 3.63) is 0 Å². The molecule has 118 valence electrons. The van der Waals surface area contributed by atoms with E-state index in [0.29, 0.717) is 0 Å².